The minimum absolute atomic E-state index is 0.0330. The first-order valence-electron chi connectivity index (χ1n) is 6.83. The van der Waals surface area contributed by atoms with E-state index in [4.69, 9.17) is 23.2 Å². The van der Waals surface area contributed by atoms with Crippen LogP contribution in [0.1, 0.15) is 25.7 Å². The van der Waals surface area contributed by atoms with E-state index in [0.29, 0.717) is 15.7 Å². The maximum absolute atomic E-state index is 11.7. The number of urea groups is 1. The van der Waals surface area contributed by atoms with Crippen molar-refractivity contribution in [3.05, 3.63) is 28.2 Å². The Morgan fingerprint density at radius 3 is 2.33 bits per heavy atom. The van der Waals surface area contributed by atoms with Crippen LogP contribution in [0.5, 0.6) is 0 Å². The third-order valence-corrected chi connectivity index (χ3v) is 3.70. The topological polar surface area (TPSA) is 70.2 Å². The number of imide groups is 1. The van der Waals surface area contributed by atoms with E-state index in [-0.39, 0.29) is 12.6 Å². The van der Waals surface area contributed by atoms with Gasteiger partial charge >= 0.3 is 6.03 Å². The Bertz CT molecular complexity index is 511. The molecule has 0 heterocycles. The molecule has 1 aliphatic carbocycles. The number of hydrogen-bond donors (Lipinski definition) is 3. The van der Waals surface area contributed by atoms with Crippen molar-refractivity contribution in [2.75, 3.05) is 11.9 Å². The molecule has 1 aromatic carbocycles. The maximum atomic E-state index is 11.7. The molecule has 3 amide bonds. The van der Waals surface area contributed by atoms with Crippen LogP contribution in [-0.4, -0.2) is 24.5 Å². The smallest absolute Gasteiger partial charge is 0.321 e. The molecule has 114 valence electrons. The van der Waals surface area contributed by atoms with Crippen molar-refractivity contribution in [3.8, 4) is 0 Å². The van der Waals surface area contributed by atoms with Gasteiger partial charge in [-0.25, -0.2) is 4.79 Å². The van der Waals surface area contributed by atoms with Crippen molar-refractivity contribution < 1.29 is 9.59 Å². The first kappa shape index (κ1) is 15.9. The number of benzene rings is 1. The lowest BCUT2D eigenvalue weighted by molar-refractivity contribution is -0.118. The van der Waals surface area contributed by atoms with Crippen LogP contribution in [0.15, 0.2) is 18.2 Å². The van der Waals surface area contributed by atoms with Gasteiger partial charge in [-0.15, -0.1) is 0 Å². The van der Waals surface area contributed by atoms with Crippen LogP contribution in [0.25, 0.3) is 0 Å². The number of rotatable bonds is 4. The lowest BCUT2D eigenvalue weighted by Crippen LogP contribution is -2.45. The van der Waals surface area contributed by atoms with Crippen molar-refractivity contribution >= 4 is 40.8 Å². The van der Waals surface area contributed by atoms with E-state index >= 15 is 0 Å². The van der Waals surface area contributed by atoms with E-state index in [1.807, 2.05) is 0 Å². The van der Waals surface area contributed by atoms with Crippen LogP contribution in [0.4, 0.5) is 10.5 Å². The number of nitrogens with one attached hydrogen (secondary N) is 3. The average molecular weight is 330 g/mol. The van der Waals surface area contributed by atoms with Gasteiger partial charge in [0.2, 0.25) is 5.91 Å². The quantitative estimate of drug-likeness (QED) is 0.794. The van der Waals surface area contributed by atoms with E-state index < -0.39 is 11.9 Å². The first-order chi connectivity index (χ1) is 10.0. The van der Waals surface area contributed by atoms with E-state index in [1.54, 1.807) is 18.2 Å². The van der Waals surface area contributed by atoms with E-state index in [1.165, 1.54) is 0 Å². The number of carbonyl (C=O) groups is 2. The highest BCUT2D eigenvalue weighted by atomic mass is 35.5. The highest BCUT2D eigenvalue weighted by Crippen LogP contribution is 2.22. The number of carbonyl (C=O) groups excluding carboxylic acids is 2. The van der Waals surface area contributed by atoms with Gasteiger partial charge in [-0.3, -0.25) is 10.1 Å². The molecule has 0 bridgehead atoms. The van der Waals surface area contributed by atoms with Gasteiger partial charge in [-0.1, -0.05) is 36.0 Å². The molecule has 1 aromatic rings. The summed E-state index contributed by atoms with van der Waals surface area (Å²) in [5.74, 6) is -0.415. The Balaban J connectivity index is 1.74. The van der Waals surface area contributed by atoms with Crippen molar-refractivity contribution in [3.63, 3.8) is 0 Å². The molecule has 1 aliphatic rings. The fourth-order valence-electron chi connectivity index (χ4n) is 2.30. The molecule has 7 heteroatoms. The summed E-state index contributed by atoms with van der Waals surface area (Å²) in [6.07, 6.45) is 4.19. The molecule has 2 rings (SSSR count). The minimum atomic E-state index is -0.446. The summed E-state index contributed by atoms with van der Waals surface area (Å²) in [6.45, 7) is -0.0330. The van der Waals surface area contributed by atoms with Crippen LogP contribution in [0.3, 0.4) is 0 Å². The number of halogens is 2. The SMILES string of the molecule is O=C(CNc1cc(Cl)cc(Cl)c1)NC(=O)NC1CCCC1. The zero-order valence-electron chi connectivity index (χ0n) is 11.4. The number of amides is 3. The lowest BCUT2D eigenvalue weighted by atomic mass is 10.2. The second kappa shape index (κ2) is 7.52. The summed E-state index contributed by atoms with van der Waals surface area (Å²) in [5, 5.41) is 8.89. The molecule has 21 heavy (non-hydrogen) atoms. The average Bonchev–Trinajstić information content (AvgIpc) is 2.88. The molecule has 0 aliphatic heterocycles. The molecule has 0 aromatic heterocycles. The monoisotopic (exact) mass is 329 g/mol. The number of hydrogen-bond acceptors (Lipinski definition) is 3. The molecule has 0 saturated heterocycles. The van der Waals surface area contributed by atoms with Gasteiger partial charge < -0.3 is 10.6 Å². The van der Waals surface area contributed by atoms with Crippen LogP contribution < -0.4 is 16.0 Å². The normalized spacial score (nSPS) is 14.8. The Kier molecular flexibility index (Phi) is 5.70. The standard InChI is InChI=1S/C14H17Cl2N3O2/c15-9-5-10(16)7-12(6-9)17-8-13(20)19-14(21)18-11-3-1-2-4-11/h5-7,11,17H,1-4,8H2,(H2,18,19,20,21). The Morgan fingerprint density at radius 2 is 1.71 bits per heavy atom. The molecule has 0 radical (unpaired) electrons. The number of anilines is 1. The van der Waals surface area contributed by atoms with E-state index in [0.717, 1.165) is 25.7 Å². The van der Waals surface area contributed by atoms with Crippen LogP contribution in [0.2, 0.25) is 10.0 Å². The summed E-state index contributed by atoms with van der Waals surface area (Å²) in [7, 11) is 0. The van der Waals surface area contributed by atoms with Gasteiger partial charge in [0.15, 0.2) is 0 Å². The third kappa shape index (κ3) is 5.44. The zero-order valence-corrected chi connectivity index (χ0v) is 12.9. The van der Waals surface area contributed by atoms with Gasteiger partial charge in [-0.2, -0.15) is 0 Å². The van der Waals surface area contributed by atoms with E-state index in [9.17, 15) is 9.59 Å². The van der Waals surface area contributed by atoms with Gasteiger partial charge in [0.1, 0.15) is 0 Å². The molecule has 0 atom stereocenters. The third-order valence-electron chi connectivity index (χ3n) is 3.26. The fourth-order valence-corrected chi connectivity index (χ4v) is 2.83. The van der Waals surface area contributed by atoms with Gasteiger partial charge in [0, 0.05) is 21.8 Å². The lowest BCUT2D eigenvalue weighted by Gasteiger charge is -2.12. The largest absolute Gasteiger partial charge is 0.376 e. The van der Waals surface area contributed by atoms with E-state index in [2.05, 4.69) is 16.0 Å². The van der Waals surface area contributed by atoms with Crippen LogP contribution in [0, 0.1) is 0 Å². The fraction of sp³-hybridized carbons (Fsp3) is 0.429. The Hall–Kier alpha value is -1.46. The maximum Gasteiger partial charge on any atom is 0.321 e. The second-order valence-corrected chi connectivity index (χ2v) is 5.89. The Morgan fingerprint density at radius 1 is 1.10 bits per heavy atom. The molecule has 1 saturated carbocycles. The predicted octanol–water partition coefficient (Wildman–Crippen LogP) is 3.17. The zero-order chi connectivity index (χ0) is 15.2. The van der Waals surface area contributed by atoms with Crippen molar-refractivity contribution in [2.45, 2.75) is 31.7 Å². The van der Waals surface area contributed by atoms with Crippen molar-refractivity contribution in [2.24, 2.45) is 0 Å². The molecule has 0 unspecified atom stereocenters. The first-order valence-corrected chi connectivity index (χ1v) is 7.59. The van der Waals surface area contributed by atoms with Crippen LogP contribution >= 0.6 is 23.2 Å². The van der Waals surface area contributed by atoms with Gasteiger partial charge in [-0.05, 0) is 31.0 Å². The summed E-state index contributed by atoms with van der Waals surface area (Å²) in [6, 6.07) is 4.64. The van der Waals surface area contributed by atoms with Crippen LogP contribution in [-0.2, 0) is 4.79 Å². The molecule has 1 fully saturated rings. The summed E-state index contributed by atoms with van der Waals surface area (Å²) >= 11 is 11.7. The highest BCUT2D eigenvalue weighted by molar-refractivity contribution is 6.35. The summed E-state index contributed by atoms with van der Waals surface area (Å²) < 4.78 is 0. The minimum Gasteiger partial charge on any atom is -0.376 e. The van der Waals surface area contributed by atoms with Gasteiger partial charge in [0.25, 0.3) is 0 Å². The molecular formula is C14H17Cl2N3O2. The Labute approximate surface area is 133 Å². The van der Waals surface area contributed by atoms with Gasteiger partial charge in [0.05, 0.1) is 6.54 Å². The second-order valence-electron chi connectivity index (χ2n) is 5.01. The van der Waals surface area contributed by atoms with Crippen molar-refractivity contribution in [1.29, 1.82) is 0 Å². The summed E-state index contributed by atoms with van der Waals surface area (Å²) in [4.78, 5) is 23.3. The molecular weight excluding hydrogens is 313 g/mol. The molecule has 5 nitrogen and oxygen atoms in total. The molecule has 3 N–H and O–H groups in total. The highest BCUT2D eigenvalue weighted by Gasteiger charge is 2.17. The molecule has 0 spiro atoms. The summed E-state index contributed by atoms with van der Waals surface area (Å²) in [5.41, 5.74) is 0.624. The van der Waals surface area contributed by atoms with Crippen molar-refractivity contribution in [1.82, 2.24) is 10.6 Å². The predicted molar refractivity (Wildman–Crippen MR) is 83.9 cm³/mol.